The van der Waals surface area contributed by atoms with E-state index in [1.807, 2.05) is 30.3 Å². The number of carboxylic acids is 1. The van der Waals surface area contributed by atoms with Gasteiger partial charge in [-0.3, -0.25) is 0 Å². The minimum absolute atomic E-state index is 0.289. The summed E-state index contributed by atoms with van der Waals surface area (Å²) >= 11 is 5.95. The van der Waals surface area contributed by atoms with Gasteiger partial charge in [0.1, 0.15) is 0 Å². The van der Waals surface area contributed by atoms with Crippen molar-refractivity contribution in [3.8, 4) is 11.1 Å². The minimum atomic E-state index is -0.920. The van der Waals surface area contributed by atoms with Crippen LogP contribution in [0.25, 0.3) is 11.1 Å². The third-order valence-electron chi connectivity index (χ3n) is 4.79. The number of hydrogen-bond acceptors (Lipinski definition) is 3. The van der Waals surface area contributed by atoms with Crippen molar-refractivity contribution < 1.29 is 15.0 Å². The van der Waals surface area contributed by atoms with Gasteiger partial charge in [-0.25, -0.2) is 4.79 Å². The van der Waals surface area contributed by atoms with Crippen LogP contribution in [-0.4, -0.2) is 29.3 Å². The minimum Gasteiger partial charge on any atom is -0.478 e. The molecule has 1 atom stereocenters. The molecular formula is C24H24ClNO3. The molecule has 0 aliphatic rings. The summed E-state index contributed by atoms with van der Waals surface area (Å²) in [6.07, 6.45) is 1.31. The summed E-state index contributed by atoms with van der Waals surface area (Å²) in [5, 5.41) is 23.2. The highest BCUT2D eigenvalue weighted by Crippen LogP contribution is 2.21. The lowest BCUT2D eigenvalue weighted by Gasteiger charge is -2.12. The third kappa shape index (κ3) is 6.16. The van der Waals surface area contributed by atoms with E-state index in [-0.39, 0.29) is 5.56 Å². The van der Waals surface area contributed by atoms with Crippen LogP contribution < -0.4 is 5.32 Å². The second-order valence-corrected chi connectivity index (χ2v) is 7.40. The van der Waals surface area contributed by atoms with Crippen LogP contribution in [0.2, 0.25) is 5.02 Å². The maximum atomic E-state index is 11.1. The maximum absolute atomic E-state index is 11.1. The number of aliphatic hydroxyl groups excluding tert-OH is 1. The molecule has 0 unspecified atom stereocenters. The van der Waals surface area contributed by atoms with Crippen molar-refractivity contribution in [2.24, 2.45) is 0 Å². The van der Waals surface area contributed by atoms with Crippen LogP contribution >= 0.6 is 11.6 Å². The fraction of sp³-hybridized carbons (Fsp3) is 0.208. The van der Waals surface area contributed by atoms with Gasteiger partial charge in [-0.15, -0.1) is 0 Å². The van der Waals surface area contributed by atoms with Crippen LogP contribution in [0.3, 0.4) is 0 Å². The molecule has 4 nitrogen and oxygen atoms in total. The number of halogens is 1. The quantitative estimate of drug-likeness (QED) is 0.437. The molecule has 0 aliphatic heterocycles. The summed E-state index contributed by atoms with van der Waals surface area (Å²) in [6.45, 7) is 1.29. The van der Waals surface area contributed by atoms with Crippen molar-refractivity contribution in [1.29, 1.82) is 0 Å². The number of benzene rings is 3. The lowest BCUT2D eigenvalue weighted by atomic mass is 10.0. The highest BCUT2D eigenvalue weighted by atomic mass is 35.5. The number of carbonyl (C=O) groups is 1. The standard InChI is InChI=1S/C24H24ClNO3/c25-22-8-2-6-20(15-22)23(27)16-26-13-3-4-17-9-11-18(12-10-17)19-5-1-7-21(14-19)24(28)29/h1-2,5-12,14-15,23,26-27H,3-4,13,16H2,(H,28,29)/t23-/m0/s1. The van der Waals surface area contributed by atoms with E-state index < -0.39 is 12.1 Å². The first-order chi connectivity index (χ1) is 14.0. The summed E-state index contributed by atoms with van der Waals surface area (Å²) in [5.41, 5.74) is 4.22. The maximum Gasteiger partial charge on any atom is 0.335 e. The topological polar surface area (TPSA) is 69.6 Å². The van der Waals surface area contributed by atoms with E-state index in [4.69, 9.17) is 16.7 Å². The zero-order valence-electron chi connectivity index (χ0n) is 16.0. The molecule has 3 N–H and O–H groups in total. The van der Waals surface area contributed by atoms with Gasteiger partial charge in [0.2, 0.25) is 0 Å². The molecule has 5 heteroatoms. The average Bonchev–Trinajstić information content (AvgIpc) is 2.74. The number of aliphatic hydroxyl groups is 1. The van der Waals surface area contributed by atoms with Crippen LogP contribution in [-0.2, 0) is 6.42 Å². The van der Waals surface area contributed by atoms with Gasteiger partial charge in [-0.1, -0.05) is 60.1 Å². The molecule has 0 saturated carbocycles. The monoisotopic (exact) mass is 409 g/mol. The molecule has 3 rings (SSSR count). The Kier molecular flexibility index (Phi) is 7.42. The Labute approximate surface area is 175 Å². The molecule has 0 aromatic heterocycles. The molecule has 0 bridgehead atoms. The van der Waals surface area contributed by atoms with E-state index in [0.29, 0.717) is 11.6 Å². The van der Waals surface area contributed by atoms with Crippen molar-refractivity contribution in [2.45, 2.75) is 18.9 Å². The van der Waals surface area contributed by atoms with E-state index in [1.165, 1.54) is 5.56 Å². The Balaban J connectivity index is 1.45. The Morgan fingerprint density at radius 1 is 0.966 bits per heavy atom. The number of carboxylic acid groups (broad SMARTS) is 1. The number of rotatable bonds is 9. The summed E-state index contributed by atoms with van der Waals surface area (Å²) in [6, 6.07) is 22.4. The summed E-state index contributed by atoms with van der Waals surface area (Å²) in [7, 11) is 0. The zero-order valence-corrected chi connectivity index (χ0v) is 16.8. The van der Waals surface area contributed by atoms with E-state index in [0.717, 1.165) is 36.1 Å². The molecule has 0 spiro atoms. The molecule has 0 saturated heterocycles. The fourth-order valence-corrected chi connectivity index (χ4v) is 3.38. The van der Waals surface area contributed by atoms with Crippen molar-refractivity contribution in [1.82, 2.24) is 5.32 Å². The molecule has 0 radical (unpaired) electrons. The van der Waals surface area contributed by atoms with Gasteiger partial charge in [-0.05, 0) is 65.9 Å². The first kappa shape index (κ1) is 21.1. The third-order valence-corrected chi connectivity index (χ3v) is 5.02. The molecular weight excluding hydrogens is 386 g/mol. The fourth-order valence-electron chi connectivity index (χ4n) is 3.18. The summed E-state index contributed by atoms with van der Waals surface area (Å²) in [4.78, 5) is 11.1. The smallest absolute Gasteiger partial charge is 0.335 e. The number of nitrogens with one attached hydrogen (secondary N) is 1. The lowest BCUT2D eigenvalue weighted by Crippen LogP contribution is -2.22. The van der Waals surface area contributed by atoms with E-state index in [9.17, 15) is 9.90 Å². The van der Waals surface area contributed by atoms with Crippen LogP contribution in [0.1, 0.15) is 34.0 Å². The Bertz CT molecular complexity index is 956. The van der Waals surface area contributed by atoms with E-state index >= 15 is 0 Å². The summed E-state index contributed by atoms with van der Waals surface area (Å²) < 4.78 is 0. The van der Waals surface area contributed by atoms with E-state index in [2.05, 4.69) is 17.4 Å². The van der Waals surface area contributed by atoms with Gasteiger partial charge in [-0.2, -0.15) is 0 Å². The second-order valence-electron chi connectivity index (χ2n) is 6.96. The van der Waals surface area contributed by atoms with Crippen LogP contribution in [0.4, 0.5) is 0 Å². The Morgan fingerprint density at radius 3 is 2.45 bits per heavy atom. The van der Waals surface area contributed by atoms with Crippen LogP contribution in [0.15, 0.2) is 72.8 Å². The first-order valence-corrected chi connectivity index (χ1v) is 9.97. The second kappa shape index (κ2) is 10.2. The molecule has 29 heavy (non-hydrogen) atoms. The average molecular weight is 410 g/mol. The Morgan fingerprint density at radius 2 is 1.72 bits per heavy atom. The highest BCUT2D eigenvalue weighted by Gasteiger charge is 2.07. The molecule has 3 aromatic carbocycles. The predicted octanol–water partition coefficient (Wildman–Crippen LogP) is 4.96. The normalized spacial score (nSPS) is 11.9. The van der Waals surface area contributed by atoms with Gasteiger partial charge in [0.15, 0.2) is 0 Å². The number of aromatic carboxylic acids is 1. The number of aryl methyl sites for hydroxylation is 1. The van der Waals surface area contributed by atoms with Gasteiger partial charge in [0.05, 0.1) is 11.7 Å². The molecule has 0 fully saturated rings. The van der Waals surface area contributed by atoms with Gasteiger partial charge in [0.25, 0.3) is 0 Å². The molecule has 0 aliphatic carbocycles. The van der Waals surface area contributed by atoms with Gasteiger partial charge >= 0.3 is 5.97 Å². The summed E-state index contributed by atoms with van der Waals surface area (Å²) in [5.74, 6) is -0.920. The molecule has 0 heterocycles. The molecule has 0 amide bonds. The highest BCUT2D eigenvalue weighted by molar-refractivity contribution is 6.30. The number of hydrogen-bond donors (Lipinski definition) is 3. The Hall–Kier alpha value is -2.66. The van der Waals surface area contributed by atoms with Crippen molar-refractivity contribution in [3.63, 3.8) is 0 Å². The lowest BCUT2D eigenvalue weighted by molar-refractivity contribution is 0.0697. The van der Waals surface area contributed by atoms with Crippen molar-refractivity contribution in [3.05, 3.63) is 94.5 Å². The van der Waals surface area contributed by atoms with E-state index in [1.54, 1.807) is 30.3 Å². The van der Waals surface area contributed by atoms with Crippen molar-refractivity contribution in [2.75, 3.05) is 13.1 Å². The zero-order chi connectivity index (χ0) is 20.6. The van der Waals surface area contributed by atoms with Crippen LogP contribution in [0, 0.1) is 0 Å². The largest absolute Gasteiger partial charge is 0.478 e. The van der Waals surface area contributed by atoms with Crippen molar-refractivity contribution >= 4 is 17.6 Å². The molecule has 150 valence electrons. The molecule has 3 aromatic rings. The first-order valence-electron chi connectivity index (χ1n) is 9.60. The van der Waals surface area contributed by atoms with Gasteiger partial charge < -0.3 is 15.5 Å². The predicted molar refractivity (Wildman–Crippen MR) is 116 cm³/mol. The van der Waals surface area contributed by atoms with Gasteiger partial charge in [0, 0.05) is 11.6 Å². The SMILES string of the molecule is O=C(O)c1cccc(-c2ccc(CCCNC[C@H](O)c3cccc(Cl)c3)cc2)c1. The van der Waals surface area contributed by atoms with Crippen LogP contribution in [0.5, 0.6) is 0 Å².